The standard InChI is InChI=1S/C20H23N7O3/c1-14-13-30-26(18-12-19(29-3)24-15(2)23-18)11-10-25(14)20(28)16-6-4-5-7-17(16)27-21-8-9-22-27/h4-9,12,14H,10-11,13H2,1-3H3/t14-/m1/s1. The number of benzene rings is 1. The maximum Gasteiger partial charge on any atom is 0.256 e. The van der Waals surface area contributed by atoms with Gasteiger partial charge in [-0.25, -0.2) is 10.0 Å². The highest BCUT2D eigenvalue weighted by atomic mass is 16.7. The zero-order valence-electron chi connectivity index (χ0n) is 17.1. The molecule has 0 bridgehead atoms. The van der Waals surface area contributed by atoms with E-state index in [0.29, 0.717) is 48.5 Å². The van der Waals surface area contributed by atoms with Crippen molar-refractivity contribution in [3.63, 3.8) is 0 Å². The van der Waals surface area contributed by atoms with Crippen molar-refractivity contribution in [2.75, 3.05) is 31.9 Å². The third kappa shape index (κ3) is 3.94. The molecule has 30 heavy (non-hydrogen) atoms. The Morgan fingerprint density at radius 2 is 1.93 bits per heavy atom. The lowest BCUT2D eigenvalue weighted by Gasteiger charge is -2.26. The average Bonchev–Trinajstić information content (AvgIpc) is 3.22. The molecule has 0 spiro atoms. The van der Waals surface area contributed by atoms with Crippen LogP contribution in [0.2, 0.25) is 0 Å². The van der Waals surface area contributed by atoms with Gasteiger partial charge >= 0.3 is 0 Å². The van der Waals surface area contributed by atoms with Crippen molar-refractivity contribution in [3.8, 4) is 11.6 Å². The van der Waals surface area contributed by atoms with Gasteiger partial charge in [-0.15, -0.1) is 0 Å². The van der Waals surface area contributed by atoms with E-state index in [1.165, 1.54) is 4.80 Å². The minimum atomic E-state index is -0.133. The van der Waals surface area contributed by atoms with Crippen LogP contribution in [-0.4, -0.2) is 68.6 Å². The summed E-state index contributed by atoms with van der Waals surface area (Å²) in [5.74, 6) is 1.55. The summed E-state index contributed by atoms with van der Waals surface area (Å²) < 4.78 is 5.23. The van der Waals surface area contributed by atoms with E-state index in [0.717, 1.165) is 0 Å². The summed E-state index contributed by atoms with van der Waals surface area (Å²) in [5.41, 5.74) is 1.17. The van der Waals surface area contributed by atoms with Crippen molar-refractivity contribution in [2.24, 2.45) is 0 Å². The van der Waals surface area contributed by atoms with Gasteiger partial charge in [0.15, 0.2) is 5.82 Å². The first-order valence-electron chi connectivity index (χ1n) is 9.63. The van der Waals surface area contributed by atoms with E-state index in [2.05, 4.69) is 20.2 Å². The number of carbonyl (C=O) groups is 1. The number of ether oxygens (including phenoxy) is 1. The number of hydroxylamine groups is 1. The Labute approximate surface area is 174 Å². The molecule has 10 nitrogen and oxygen atoms in total. The minimum absolute atomic E-state index is 0.0997. The summed E-state index contributed by atoms with van der Waals surface area (Å²) >= 11 is 0. The van der Waals surface area contributed by atoms with Gasteiger partial charge in [-0.1, -0.05) is 12.1 Å². The van der Waals surface area contributed by atoms with Crippen molar-refractivity contribution in [1.82, 2.24) is 29.9 Å². The third-order valence-corrected chi connectivity index (χ3v) is 4.84. The van der Waals surface area contributed by atoms with Gasteiger partial charge in [-0.05, 0) is 26.0 Å². The predicted molar refractivity (Wildman–Crippen MR) is 108 cm³/mol. The molecule has 1 aromatic carbocycles. The summed E-state index contributed by atoms with van der Waals surface area (Å²) in [6, 6.07) is 8.89. The first kappa shape index (κ1) is 19.8. The van der Waals surface area contributed by atoms with Crippen LogP contribution in [0, 0.1) is 6.92 Å². The second kappa shape index (κ2) is 8.46. The molecular formula is C20H23N7O3. The third-order valence-electron chi connectivity index (χ3n) is 4.84. The molecule has 0 aliphatic carbocycles. The highest BCUT2D eigenvalue weighted by Gasteiger charge is 2.29. The number of carbonyl (C=O) groups excluding carboxylic acids is 1. The van der Waals surface area contributed by atoms with Crippen LogP contribution in [0.4, 0.5) is 5.82 Å². The van der Waals surface area contributed by atoms with E-state index >= 15 is 0 Å². The molecule has 0 N–H and O–H groups in total. The fourth-order valence-corrected chi connectivity index (χ4v) is 3.34. The van der Waals surface area contributed by atoms with E-state index in [-0.39, 0.29) is 11.9 Å². The van der Waals surface area contributed by atoms with Gasteiger partial charge in [-0.3, -0.25) is 9.63 Å². The quantitative estimate of drug-likeness (QED) is 0.642. The number of aryl methyl sites for hydroxylation is 1. The van der Waals surface area contributed by atoms with Crippen LogP contribution >= 0.6 is 0 Å². The Bertz CT molecular complexity index is 1020. The summed E-state index contributed by atoms with van der Waals surface area (Å²) in [6.45, 7) is 5.01. The van der Waals surface area contributed by atoms with Gasteiger partial charge in [0.05, 0.1) is 49.9 Å². The molecule has 3 aromatic rings. The Kier molecular flexibility index (Phi) is 5.57. The largest absolute Gasteiger partial charge is 0.481 e. The molecule has 1 fully saturated rings. The molecule has 0 saturated carbocycles. The zero-order chi connectivity index (χ0) is 21.1. The molecule has 2 aromatic heterocycles. The van der Waals surface area contributed by atoms with E-state index in [1.54, 1.807) is 48.5 Å². The summed E-state index contributed by atoms with van der Waals surface area (Å²) in [6.07, 6.45) is 3.17. The highest BCUT2D eigenvalue weighted by molar-refractivity contribution is 5.98. The first-order chi connectivity index (χ1) is 14.6. The zero-order valence-corrected chi connectivity index (χ0v) is 17.1. The second-order valence-electron chi connectivity index (χ2n) is 6.90. The van der Waals surface area contributed by atoms with Crippen molar-refractivity contribution in [1.29, 1.82) is 0 Å². The fraction of sp³-hybridized carbons (Fsp3) is 0.350. The van der Waals surface area contributed by atoms with Crippen LogP contribution in [-0.2, 0) is 4.84 Å². The minimum Gasteiger partial charge on any atom is -0.481 e. The lowest BCUT2D eigenvalue weighted by atomic mass is 10.1. The van der Waals surface area contributed by atoms with Crippen molar-refractivity contribution >= 4 is 11.7 Å². The highest BCUT2D eigenvalue weighted by Crippen LogP contribution is 2.22. The number of para-hydroxylation sites is 1. The Hall–Kier alpha value is -3.53. The van der Waals surface area contributed by atoms with Crippen LogP contribution in [0.1, 0.15) is 23.1 Å². The molecule has 1 atom stereocenters. The van der Waals surface area contributed by atoms with Crippen LogP contribution in [0.15, 0.2) is 42.7 Å². The van der Waals surface area contributed by atoms with Crippen LogP contribution < -0.4 is 9.80 Å². The topological polar surface area (TPSA) is 98.5 Å². The van der Waals surface area contributed by atoms with E-state index in [1.807, 2.05) is 25.1 Å². The monoisotopic (exact) mass is 409 g/mol. The number of hydrogen-bond acceptors (Lipinski definition) is 8. The van der Waals surface area contributed by atoms with Gasteiger partial charge < -0.3 is 9.64 Å². The number of hydrogen-bond donors (Lipinski definition) is 0. The number of amides is 1. The van der Waals surface area contributed by atoms with Gasteiger partial charge in [0.1, 0.15) is 5.82 Å². The number of rotatable bonds is 4. The van der Waals surface area contributed by atoms with E-state index in [9.17, 15) is 4.79 Å². The van der Waals surface area contributed by atoms with Crippen molar-refractivity contribution in [2.45, 2.75) is 19.9 Å². The molecule has 0 unspecified atom stereocenters. The maximum atomic E-state index is 13.4. The first-order valence-corrected chi connectivity index (χ1v) is 9.63. The van der Waals surface area contributed by atoms with Gasteiger partial charge in [0.25, 0.3) is 5.91 Å². The Balaban J connectivity index is 1.57. The van der Waals surface area contributed by atoms with Gasteiger partial charge in [-0.2, -0.15) is 20.0 Å². The fourth-order valence-electron chi connectivity index (χ4n) is 3.34. The smallest absolute Gasteiger partial charge is 0.256 e. The molecule has 0 radical (unpaired) electrons. The van der Waals surface area contributed by atoms with Gasteiger partial charge in [0.2, 0.25) is 5.88 Å². The summed E-state index contributed by atoms with van der Waals surface area (Å²) in [4.78, 5) is 31.2. The van der Waals surface area contributed by atoms with Crippen LogP contribution in [0.5, 0.6) is 5.88 Å². The van der Waals surface area contributed by atoms with E-state index in [4.69, 9.17) is 9.57 Å². The molecule has 1 amide bonds. The molecule has 4 rings (SSSR count). The maximum absolute atomic E-state index is 13.4. The lowest BCUT2D eigenvalue weighted by Crippen LogP contribution is -2.41. The van der Waals surface area contributed by atoms with Gasteiger partial charge in [0, 0.05) is 12.6 Å². The molecule has 1 aliphatic rings. The number of aromatic nitrogens is 5. The Morgan fingerprint density at radius 1 is 1.17 bits per heavy atom. The normalized spacial score (nSPS) is 17.0. The molecule has 1 aliphatic heterocycles. The van der Waals surface area contributed by atoms with Crippen molar-refractivity contribution < 1.29 is 14.4 Å². The molecule has 10 heteroatoms. The van der Waals surface area contributed by atoms with Crippen LogP contribution in [0.3, 0.4) is 0 Å². The summed E-state index contributed by atoms with van der Waals surface area (Å²) in [5, 5.41) is 10.0. The number of anilines is 1. The molecule has 156 valence electrons. The SMILES string of the molecule is COc1cc(N2CCN(C(=O)c3ccccc3-n3nccn3)[C@H](C)CO2)nc(C)n1. The van der Waals surface area contributed by atoms with E-state index < -0.39 is 0 Å². The second-order valence-corrected chi connectivity index (χ2v) is 6.90. The number of methoxy groups -OCH3 is 1. The molecular weight excluding hydrogens is 386 g/mol. The molecule has 1 saturated heterocycles. The van der Waals surface area contributed by atoms with Crippen LogP contribution in [0.25, 0.3) is 5.69 Å². The number of nitrogens with zero attached hydrogens (tertiary/aromatic N) is 7. The van der Waals surface area contributed by atoms with Crippen molar-refractivity contribution in [3.05, 3.63) is 54.1 Å². The molecule has 3 heterocycles. The summed E-state index contributed by atoms with van der Waals surface area (Å²) in [7, 11) is 1.56. The average molecular weight is 409 g/mol. The predicted octanol–water partition coefficient (Wildman–Crippen LogP) is 1.66. The Morgan fingerprint density at radius 3 is 2.70 bits per heavy atom. The lowest BCUT2D eigenvalue weighted by molar-refractivity contribution is 0.0599.